The molecular weight excluding hydrogens is 194 g/mol. The maximum atomic E-state index is 11.7. The van der Waals surface area contributed by atoms with Gasteiger partial charge in [0.1, 0.15) is 0 Å². The first-order valence-corrected chi connectivity index (χ1v) is 5.89. The first-order valence-electron chi connectivity index (χ1n) is 5.89. The molecule has 84 valence electrons. The number of piperidine rings is 1. The van der Waals surface area contributed by atoms with Gasteiger partial charge in [0.15, 0.2) is 6.29 Å². The largest absolute Gasteiger partial charge is 0.350 e. The van der Waals surface area contributed by atoms with Gasteiger partial charge in [0.2, 0.25) is 5.91 Å². The van der Waals surface area contributed by atoms with Gasteiger partial charge in [-0.25, -0.2) is 0 Å². The Bertz CT molecular complexity index is 263. The molecule has 0 aliphatic carbocycles. The van der Waals surface area contributed by atoms with Gasteiger partial charge < -0.3 is 14.4 Å². The zero-order valence-electron chi connectivity index (χ0n) is 8.85. The standard InChI is InChI=1S/C11H17NO3/c13-10-4-3-8(11-14-6-7-15-11)9-2-1-5-12(9)10/h8-9,11H,1-7H2. The predicted molar refractivity (Wildman–Crippen MR) is 53.2 cm³/mol. The van der Waals surface area contributed by atoms with Gasteiger partial charge in [-0.1, -0.05) is 0 Å². The van der Waals surface area contributed by atoms with Crippen LogP contribution in [0.1, 0.15) is 25.7 Å². The van der Waals surface area contributed by atoms with Crippen molar-refractivity contribution in [2.24, 2.45) is 5.92 Å². The van der Waals surface area contributed by atoms with Crippen LogP contribution < -0.4 is 0 Å². The minimum Gasteiger partial charge on any atom is -0.350 e. The number of rotatable bonds is 1. The second-order valence-electron chi connectivity index (χ2n) is 4.61. The Balaban J connectivity index is 1.75. The molecule has 3 heterocycles. The van der Waals surface area contributed by atoms with Crippen LogP contribution in [-0.4, -0.2) is 42.9 Å². The predicted octanol–water partition coefficient (Wildman–Crippen LogP) is 0.760. The lowest BCUT2D eigenvalue weighted by atomic mass is 9.88. The number of nitrogens with zero attached hydrogens (tertiary/aromatic N) is 1. The Hall–Kier alpha value is -0.610. The number of hydrogen-bond acceptors (Lipinski definition) is 3. The molecule has 2 atom stereocenters. The molecule has 3 saturated heterocycles. The Labute approximate surface area is 89.5 Å². The molecular formula is C11H17NO3. The zero-order valence-corrected chi connectivity index (χ0v) is 8.85. The fourth-order valence-corrected chi connectivity index (χ4v) is 3.11. The number of ether oxygens (including phenoxy) is 2. The van der Waals surface area contributed by atoms with E-state index in [9.17, 15) is 4.79 Å². The van der Waals surface area contributed by atoms with Crippen molar-refractivity contribution in [1.82, 2.24) is 4.90 Å². The zero-order chi connectivity index (χ0) is 10.3. The van der Waals surface area contributed by atoms with Crippen molar-refractivity contribution in [3.8, 4) is 0 Å². The summed E-state index contributed by atoms with van der Waals surface area (Å²) < 4.78 is 11.2. The van der Waals surface area contributed by atoms with E-state index in [1.54, 1.807) is 0 Å². The highest BCUT2D eigenvalue weighted by Crippen LogP contribution is 2.36. The molecule has 4 heteroatoms. The summed E-state index contributed by atoms with van der Waals surface area (Å²) in [5.41, 5.74) is 0. The molecule has 0 aromatic rings. The summed E-state index contributed by atoms with van der Waals surface area (Å²) in [6.45, 7) is 2.36. The van der Waals surface area contributed by atoms with E-state index in [-0.39, 0.29) is 6.29 Å². The molecule has 0 N–H and O–H groups in total. The van der Waals surface area contributed by atoms with Crippen molar-refractivity contribution < 1.29 is 14.3 Å². The molecule has 0 bridgehead atoms. The number of fused-ring (bicyclic) bond motifs is 1. The molecule has 2 unspecified atom stereocenters. The van der Waals surface area contributed by atoms with Gasteiger partial charge >= 0.3 is 0 Å². The maximum absolute atomic E-state index is 11.7. The normalized spacial score (nSPS) is 37.3. The van der Waals surface area contributed by atoms with Crippen LogP contribution in [0.2, 0.25) is 0 Å². The smallest absolute Gasteiger partial charge is 0.222 e. The van der Waals surface area contributed by atoms with Crippen LogP contribution in [0.4, 0.5) is 0 Å². The molecule has 0 radical (unpaired) electrons. The van der Waals surface area contributed by atoms with E-state index in [4.69, 9.17) is 9.47 Å². The second-order valence-corrected chi connectivity index (χ2v) is 4.61. The van der Waals surface area contributed by atoms with Gasteiger partial charge in [0, 0.05) is 24.9 Å². The lowest BCUT2D eigenvalue weighted by molar-refractivity contribution is -0.148. The lowest BCUT2D eigenvalue weighted by Crippen LogP contribution is -2.48. The summed E-state index contributed by atoms with van der Waals surface area (Å²) >= 11 is 0. The highest BCUT2D eigenvalue weighted by Gasteiger charge is 2.43. The number of carbonyl (C=O) groups excluding carboxylic acids is 1. The second kappa shape index (κ2) is 3.76. The molecule has 0 spiro atoms. The monoisotopic (exact) mass is 211 g/mol. The molecule has 1 amide bonds. The van der Waals surface area contributed by atoms with Gasteiger partial charge in [-0.05, 0) is 19.3 Å². The van der Waals surface area contributed by atoms with Gasteiger partial charge in [0.05, 0.1) is 13.2 Å². The summed E-state index contributed by atoms with van der Waals surface area (Å²) in [6, 6.07) is 0.384. The van der Waals surface area contributed by atoms with E-state index in [0.717, 1.165) is 25.8 Å². The van der Waals surface area contributed by atoms with Crippen LogP contribution in [0.5, 0.6) is 0 Å². The van der Waals surface area contributed by atoms with E-state index >= 15 is 0 Å². The van der Waals surface area contributed by atoms with E-state index in [2.05, 4.69) is 0 Å². The molecule has 15 heavy (non-hydrogen) atoms. The molecule has 0 saturated carbocycles. The fourth-order valence-electron chi connectivity index (χ4n) is 3.11. The summed E-state index contributed by atoms with van der Waals surface area (Å²) in [6.07, 6.45) is 3.82. The Morgan fingerprint density at radius 1 is 1.20 bits per heavy atom. The summed E-state index contributed by atoms with van der Waals surface area (Å²) in [7, 11) is 0. The average Bonchev–Trinajstić information content (AvgIpc) is 2.88. The van der Waals surface area contributed by atoms with Gasteiger partial charge in [-0.2, -0.15) is 0 Å². The SMILES string of the molecule is O=C1CCC(C2OCCO2)C2CCCN12. The van der Waals surface area contributed by atoms with Crippen molar-refractivity contribution >= 4 is 5.91 Å². The third-order valence-corrected chi connectivity index (χ3v) is 3.80. The number of amides is 1. The summed E-state index contributed by atoms with van der Waals surface area (Å²) in [5.74, 6) is 0.736. The lowest BCUT2D eigenvalue weighted by Gasteiger charge is -2.38. The van der Waals surface area contributed by atoms with Crippen LogP contribution >= 0.6 is 0 Å². The van der Waals surface area contributed by atoms with Crippen LogP contribution in [0.3, 0.4) is 0 Å². The number of hydrogen-bond donors (Lipinski definition) is 0. The summed E-state index contributed by atoms with van der Waals surface area (Å²) in [4.78, 5) is 13.7. The quantitative estimate of drug-likeness (QED) is 0.642. The minimum absolute atomic E-state index is 0.0521. The van der Waals surface area contributed by atoms with Gasteiger partial charge in [0.25, 0.3) is 0 Å². The van der Waals surface area contributed by atoms with Crippen molar-refractivity contribution in [1.29, 1.82) is 0 Å². The summed E-state index contributed by atoms with van der Waals surface area (Å²) in [5, 5.41) is 0. The Morgan fingerprint density at radius 3 is 2.80 bits per heavy atom. The molecule has 0 aromatic carbocycles. The van der Waals surface area contributed by atoms with E-state index in [1.165, 1.54) is 0 Å². The Morgan fingerprint density at radius 2 is 2.00 bits per heavy atom. The highest BCUT2D eigenvalue weighted by molar-refractivity contribution is 5.77. The van der Waals surface area contributed by atoms with Gasteiger partial charge in [-0.3, -0.25) is 4.79 Å². The van der Waals surface area contributed by atoms with E-state index < -0.39 is 0 Å². The molecule has 3 aliphatic heterocycles. The highest BCUT2D eigenvalue weighted by atomic mass is 16.7. The fraction of sp³-hybridized carbons (Fsp3) is 0.909. The third-order valence-electron chi connectivity index (χ3n) is 3.80. The van der Waals surface area contributed by atoms with E-state index in [0.29, 0.717) is 37.5 Å². The van der Waals surface area contributed by atoms with Crippen LogP contribution in [-0.2, 0) is 14.3 Å². The maximum Gasteiger partial charge on any atom is 0.222 e. The van der Waals surface area contributed by atoms with Crippen molar-refractivity contribution in [2.75, 3.05) is 19.8 Å². The van der Waals surface area contributed by atoms with Crippen LogP contribution in [0.15, 0.2) is 0 Å². The number of carbonyl (C=O) groups is 1. The van der Waals surface area contributed by atoms with E-state index in [1.807, 2.05) is 4.90 Å². The Kier molecular flexibility index (Phi) is 2.41. The topological polar surface area (TPSA) is 38.8 Å². The van der Waals surface area contributed by atoms with Crippen molar-refractivity contribution in [3.63, 3.8) is 0 Å². The average molecular weight is 211 g/mol. The molecule has 4 nitrogen and oxygen atoms in total. The minimum atomic E-state index is -0.0521. The first kappa shape index (κ1) is 9.60. The third kappa shape index (κ3) is 1.56. The molecule has 3 fully saturated rings. The van der Waals surface area contributed by atoms with Gasteiger partial charge in [-0.15, -0.1) is 0 Å². The van der Waals surface area contributed by atoms with Crippen LogP contribution in [0.25, 0.3) is 0 Å². The van der Waals surface area contributed by atoms with Crippen molar-refractivity contribution in [2.45, 2.75) is 38.0 Å². The van der Waals surface area contributed by atoms with Crippen molar-refractivity contribution in [3.05, 3.63) is 0 Å². The molecule has 3 rings (SSSR count). The first-order chi connectivity index (χ1) is 7.36. The van der Waals surface area contributed by atoms with Crippen LogP contribution in [0, 0.1) is 5.92 Å². The molecule has 3 aliphatic rings. The molecule has 0 aromatic heterocycles.